The molecule has 3 nitrogen and oxygen atoms in total. The lowest BCUT2D eigenvalue weighted by molar-refractivity contribution is -0.141. The Kier molecular flexibility index (Phi) is 3.34. The fourth-order valence-corrected chi connectivity index (χ4v) is 5.19. The Balaban J connectivity index is 2.21. The van der Waals surface area contributed by atoms with Crippen LogP contribution in [0, 0.1) is 5.92 Å². The molecular weight excluding hydrogens is 292 g/mol. The highest BCUT2D eigenvalue weighted by Gasteiger charge is 2.57. The van der Waals surface area contributed by atoms with Gasteiger partial charge in [0.25, 0.3) is 0 Å². The Hall–Kier alpha value is -1.33. The van der Waals surface area contributed by atoms with Crippen LogP contribution in [-0.2, 0) is 9.54 Å². The van der Waals surface area contributed by atoms with Gasteiger partial charge in [0.15, 0.2) is 4.75 Å². The maximum absolute atomic E-state index is 12.0. The monoisotopic (exact) mass is 306 g/mol. The molecular formula is C15H14O3S2. The summed E-state index contributed by atoms with van der Waals surface area (Å²) in [6.07, 6.45) is 2.13. The van der Waals surface area contributed by atoms with E-state index < -0.39 is 10.7 Å². The summed E-state index contributed by atoms with van der Waals surface area (Å²) in [4.78, 5) is 12.0. The van der Waals surface area contributed by atoms with Crippen molar-refractivity contribution in [1.82, 2.24) is 0 Å². The summed E-state index contributed by atoms with van der Waals surface area (Å²) in [5, 5.41) is 20.0. The molecule has 1 aliphatic carbocycles. The van der Waals surface area contributed by atoms with Gasteiger partial charge in [0.05, 0.1) is 9.96 Å². The van der Waals surface area contributed by atoms with Gasteiger partial charge >= 0.3 is 5.97 Å². The molecule has 1 aliphatic heterocycles. The first-order chi connectivity index (χ1) is 9.57. The molecule has 3 rings (SSSR count). The predicted octanol–water partition coefficient (Wildman–Crippen LogP) is 3.65. The molecule has 1 aromatic carbocycles. The summed E-state index contributed by atoms with van der Waals surface area (Å²) in [6, 6.07) is 9.21. The summed E-state index contributed by atoms with van der Waals surface area (Å²) in [6.45, 7) is 0. The largest absolute Gasteiger partial charge is 0.512 e. The number of thiocarbonyl (C=S) groups is 1. The molecule has 0 amide bonds. The number of aliphatic carboxylic acids is 1. The molecule has 1 fully saturated rings. The van der Waals surface area contributed by atoms with Gasteiger partial charge in [-0.05, 0) is 18.4 Å². The van der Waals surface area contributed by atoms with Crippen molar-refractivity contribution in [2.24, 2.45) is 5.92 Å². The van der Waals surface area contributed by atoms with E-state index in [0.29, 0.717) is 16.2 Å². The molecule has 1 saturated heterocycles. The predicted molar refractivity (Wildman–Crippen MR) is 82.9 cm³/mol. The number of carboxylic acids is 1. The first kappa shape index (κ1) is 13.6. The summed E-state index contributed by atoms with van der Waals surface area (Å²) in [7, 11) is 0. The van der Waals surface area contributed by atoms with E-state index in [-0.39, 0.29) is 11.7 Å². The summed E-state index contributed by atoms with van der Waals surface area (Å²) in [5.74, 6) is -0.850. The van der Waals surface area contributed by atoms with Crippen molar-refractivity contribution in [3.8, 4) is 0 Å². The third-order valence-electron chi connectivity index (χ3n) is 4.05. The highest BCUT2D eigenvalue weighted by molar-refractivity contribution is 8.25. The second-order valence-corrected chi connectivity index (χ2v) is 7.02. The first-order valence-electron chi connectivity index (χ1n) is 6.51. The number of fused-ring (bicyclic) bond motifs is 1. The van der Waals surface area contributed by atoms with Gasteiger partial charge in [-0.2, -0.15) is 0 Å². The van der Waals surface area contributed by atoms with Gasteiger partial charge in [-0.25, -0.2) is 0 Å². The van der Waals surface area contributed by atoms with Crippen LogP contribution >= 0.6 is 24.0 Å². The topological polar surface area (TPSA) is 57.5 Å². The number of aliphatic hydroxyl groups is 1. The van der Waals surface area contributed by atoms with Crippen LogP contribution in [0.5, 0.6) is 0 Å². The Morgan fingerprint density at radius 3 is 2.70 bits per heavy atom. The Bertz CT molecular complexity index is 609. The van der Waals surface area contributed by atoms with Gasteiger partial charge in [0.1, 0.15) is 0 Å². The van der Waals surface area contributed by atoms with Crippen molar-refractivity contribution < 1.29 is 15.0 Å². The van der Waals surface area contributed by atoms with Crippen LogP contribution in [0.3, 0.4) is 0 Å². The van der Waals surface area contributed by atoms with Crippen LogP contribution in [0.25, 0.3) is 0 Å². The maximum atomic E-state index is 12.0. The van der Waals surface area contributed by atoms with Crippen LogP contribution in [0.2, 0.25) is 0 Å². The highest BCUT2D eigenvalue weighted by atomic mass is 32.2. The standard InChI is InChI=1S/C15H14O3S2/c16-11-8-4-7-10-12(11)13(19)20-15(10,14(17)18)9-5-2-1-3-6-9/h1-3,5-6,10,16H,4,7-8H2,(H,17,18). The molecule has 5 heteroatoms. The fourth-order valence-electron chi connectivity index (χ4n) is 3.15. The quantitative estimate of drug-likeness (QED) is 0.817. The molecule has 104 valence electrons. The van der Waals surface area contributed by atoms with Crippen LogP contribution in [0.15, 0.2) is 41.7 Å². The molecule has 20 heavy (non-hydrogen) atoms. The average molecular weight is 306 g/mol. The zero-order valence-corrected chi connectivity index (χ0v) is 12.3. The molecule has 2 unspecified atom stereocenters. The number of carbonyl (C=O) groups is 1. The van der Waals surface area contributed by atoms with E-state index in [1.807, 2.05) is 30.3 Å². The smallest absolute Gasteiger partial charge is 0.325 e. The SMILES string of the molecule is O=C(O)C1(c2ccccc2)SC(=S)C2=C(O)CCCC21. The average Bonchev–Trinajstić information content (AvgIpc) is 2.75. The van der Waals surface area contributed by atoms with Gasteiger partial charge in [-0.1, -0.05) is 54.3 Å². The normalized spacial score (nSPS) is 29.4. The van der Waals surface area contributed by atoms with Gasteiger partial charge in [0.2, 0.25) is 0 Å². The van der Waals surface area contributed by atoms with E-state index in [0.717, 1.165) is 18.4 Å². The molecule has 0 saturated carbocycles. The third-order valence-corrected chi connectivity index (χ3v) is 5.94. The highest BCUT2D eigenvalue weighted by Crippen LogP contribution is 2.58. The lowest BCUT2D eigenvalue weighted by Crippen LogP contribution is -2.38. The number of benzene rings is 1. The number of allylic oxidation sites excluding steroid dienone is 1. The van der Waals surface area contributed by atoms with Crippen molar-refractivity contribution in [3.63, 3.8) is 0 Å². The number of hydrogen-bond acceptors (Lipinski definition) is 4. The van der Waals surface area contributed by atoms with Gasteiger partial charge < -0.3 is 10.2 Å². The number of thioether (sulfide) groups is 1. The first-order valence-corrected chi connectivity index (χ1v) is 7.74. The number of aliphatic hydroxyl groups excluding tert-OH is 1. The van der Waals surface area contributed by atoms with E-state index in [1.165, 1.54) is 11.8 Å². The molecule has 0 bridgehead atoms. The molecule has 1 heterocycles. The second kappa shape index (κ2) is 4.90. The lowest BCUT2D eigenvalue weighted by atomic mass is 9.75. The summed E-state index contributed by atoms with van der Waals surface area (Å²) >= 11 is 6.54. The van der Waals surface area contributed by atoms with Gasteiger partial charge in [-0.15, -0.1) is 0 Å². The Morgan fingerprint density at radius 2 is 2.05 bits per heavy atom. The van der Waals surface area contributed by atoms with E-state index in [9.17, 15) is 15.0 Å². The van der Waals surface area contributed by atoms with Crippen molar-refractivity contribution >= 4 is 34.1 Å². The van der Waals surface area contributed by atoms with Crippen molar-refractivity contribution in [2.75, 3.05) is 0 Å². The Labute approximate surface area is 126 Å². The number of rotatable bonds is 2. The Morgan fingerprint density at radius 1 is 1.35 bits per heavy atom. The molecule has 2 atom stereocenters. The molecule has 2 aliphatic rings. The minimum Gasteiger partial charge on any atom is -0.512 e. The maximum Gasteiger partial charge on any atom is 0.325 e. The van der Waals surface area contributed by atoms with Crippen LogP contribution in [0.1, 0.15) is 24.8 Å². The van der Waals surface area contributed by atoms with E-state index in [4.69, 9.17) is 12.2 Å². The summed E-state index contributed by atoms with van der Waals surface area (Å²) in [5.41, 5.74) is 1.43. The van der Waals surface area contributed by atoms with Gasteiger partial charge in [-0.3, -0.25) is 4.79 Å². The molecule has 1 aromatic rings. The fraction of sp³-hybridized carbons (Fsp3) is 0.333. The van der Waals surface area contributed by atoms with Crippen molar-refractivity contribution in [2.45, 2.75) is 24.0 Å². The molecule has 2 N–H and O–H groups in total. The zero-order chi connectivity index (χ0) is 14.3. The van der Waals surface area contributed by atoms with E-state index in [1.54, 1.807) is 0 Å². The molecule has 0 aromatic heterocycles. The molecule has 0 spiro atoms. The molecule has 0 radical (unpaired) electrons. The number of carboxylic acid groups (broad SMARTS) is 1. The van der Waals surface area contributed by atoms with Crippen LogP contribution in [-0.4, -0.2) is 20.4 Å². The van der Waals surface area contributed by atoms with Gasteiger partial charge in [0, 0.05) is 17.9 Å². The zero-order valence-electron chi connectivity index (χ0n) is 10.7. The van der Waals surface area contributed by atoms with Crippen LogP contribution < -0.4 is 0 Å². The second-order valence-electron chi connectivity index (χ2n) is 5.10. The van der Waals surface area contributed by atoms with E-state index >= 15 is 0 Å². The summed E-state index contributed by atoms with van der Waals surface area (Å²) < 4.78 is -0.569. The lowest BCUT2D eigenvalue weighted by Gasteiger charge is -2.32. The van der Waals surface area contributed by atoms with Crippen molar-refractivity contribution in [1.29, 1.82) is 0 Å². The van der Waals surface area contributed by atoms with Crippen molar-refractivity contribution in [3.05, 3.63) is 47.2 Å². The third kappa shape index (κ3) is 1.80. The minimum absolute atomic E-state index is 0.242. The van der Waals surface area contributed by atoms with Crippen LogP contribution in [0.4, 0.5) is 0 Å². The number of hydrogen-bond donors (Lipinski definition) is 2. The van der Waals surface area contributed by atoms with E-state index in [2.05, 4.69) is 0 Å². The minimum atomic E-state index is -1.10.